The van der Waals surface area contributed by atoms with Gasteiger partial charge in [0, 0.05) is 81.5 Å². The number of unbranched alkanes of at least 4 members (excludes halogenated alkanes) is 1. The van der Waals surface area contributed by atoms with Gasteiger partial charge in [-0.2, -0.15) is 0 Å². The Labute approximate surface area is 426 Å². The van der Waals surface area contributed by atoms with Crippen molar-refractivity contribution in [2.75, 3.05) is 19.7 Å². The van der Waals surface area contributed by atoms with Gasteiger partial charge in [-0.1, -0.05) is 57.2 Å². The predicted molar refractivity (Wildman–Crippen MR) is 276 cm³/mol. The molecule has 0 spiro atoms. The number of amides is 4. The highest BCUT2D eigenvalue weighted by Gasteiger charge is 2.44. The maximum absolute atomic E-state index is 14.1. The maximum atomic E-state index is 14.1. The van der Waals surface area contributed by atoms with Crippen LogP contribution in [0, 0.1) is 25.2 Å². The Morgan fingerprint density at radius 1 is 0.944 bits per heavy atom. The average molecular weight is 1000 g/mol. The number of benzene rings is 3. The fourth-order valence-corrected chi connectivity index (χ4v) is 11.0. The Morgan fingerprint density at radius 2 is 1.72 bits per heavy atom. The largest absolute Gasteiger partial charge is 0.493 e. The number of thiazole rings is 1. The molecule has 0 unspecified atom stereocenters. The third-order valence-corrected chi connectivity index (χ3v) is 15.4. The molecule has 0 saturated carbocycles. The van der Waals surface area contributed by atoms with Gasteiger partial charge in [-0.15, -0.1) is 11.3 Å². The minimum absolute atomic E-state index is 0.00160. The van der Waals surface area contributed by atoms with Gasteiger partial charge in [0.1, 0.15) is 23.4 Å². The molecule has 2 aliphatic heterocycles. The first-order chi connectivity index (χ1) is 34.6. The van der Waals surface area contributed by atoms with Crippen molar-refractivity contribution in [2.24, 2.45) is 11.3 Å². The van der Waals surface area contributed by atoms with Crippen LogP contribution in [-0.4, -0.2) is 90.9 Å². The highest BCUT2D eigenvalue weighted by atomic mass is 32.1. The van der Waals surface area contributed by atoms with Crippen molar-refractivity contribution >= 4 is 40.7 Å². The van der Waals surface area contributed by atoms with E-state index in [9.17, 15) is 34.2 Å². The fourth-order valence-electron chi connectivity index (χ4n) is 10.2. The number of carbonyl (C=O) groups excluding carboxylic acids is 5. The summed E-state index contributed by atoms with van der Waals surface area (Å²) in [7, 11) is 0. The summed E-state index contributed by atoms with van der Waals surface area (Å²) >= 11 is 1.57. The van der Waals surface area contributed by atoms with Crippen molar-refractivity contribution in [1.29, 1.82) is 0 Å². The molecular formula is C56H69N7O8S. The molecule has 72 heavy (non-hydrogen) atoms. The van der Waals surface area contributed by atoms with Crippen LogP contribution >= 0.6 is 11.3 Å². The smallest absolute Gasteiger partial charge is 0.251 e. The number of fused-ring (bicyclic) bond motifs is 2. The third kappa shape index (κ3) is 12.5. The van der Waals surface area contributed by atoms with Crippen LogP contribution in [0.25, 0.3) is 21.7 Å². The molecule has 1 fully saturated rings. The molecule has 4 amide bonds. The molecule has 2 aromatic heterocycles. The number of aryl methyl sites for hydroxylation is 4. The van der Waals surface area contributed by atoms with E-state index in [1.54, 1.807) is 23.5 Å². The number of imidazole rings is 1. The van der Waals surface area contributed by atoms with E-state index in [0.29, 0.717) is 42.7 Å². The molecule has 4 atom stereocenters. The molecule has 3 aliphatic rings. The van der Waals surface area contributed by atoms with E-state index in [-0.39, 0.29) is 87.4 Å². The van der Waals surface area contributed by atoms with Gasteiger partial charge in [-0.25, -0.2) is 9.97 Å². The van der Waals surface area contributed by atoms with Crippen LogP contribution < -0.4 is 20.7 Å². The minimum atomic E-state index is -0.853. The van der Waals surface area contributed by atoms with Crippen LogP contribution in [0.15, 0.2) is 66.3 Å². The number of nitrogens with zero attached hydrogens (tertiary/aromatic N) is 4. The van der Waals surface area contributed by atoms with E-state index in [2.05, 4.69) is 49.9 Å². The van der Waals surface area contributed by atoms with Crippen molar-refractivity contribution in [3.8, 4) is 27.4 Å². The maximum Gasteiger partial charge on any atom is 0.251 e. The number of aromatic nitrogens is 3. The summed E-state index contributed by atoms with van der Waals surface area (Å²) in [6.45, 7) is 11.2. The van der Waals surface area contributed by atoms with Crippen LogP contribution in [-0.2, 0) is 51.7 Å². The van der Waals surface area contributed by atoms with Crippen molar-refractivity contribution in [3.05, 3.63) is 111 Å². The molecule has 1 saturated heterocycles. The molecule has 382 valence electrons. The number of hydrogen-bond acceptors (Lipinski definition) is 11. The molecule has 4 heterocycles. The molecule has 5 N–H and O–H groups in total. The lowest BCUT2D eigenvalue weighted by molar-refractivity contribution is -0.146. The summed E-state index contributed by atoms with van der Waals surface area (Å²) in [5.41, 5.74) is 10.2. The third-order valence-electron chi connectivity index (χ3n) is 14.5. The molecule has 5 aromatic rings. The number of β-amino-alcohol motifs (C(OH)–C–C–N with tert-alkyl or cyclic N) is 1. The second-order valence-electron chi connectivity index (χ2n) is 20.7. The van der Waals surface area contributed by atoms with E-state index in [4.69, 9.17) is 9.72 Å². The summed E-state index contributed by atoms with van der Waals surface area (Å²) in [5, 5.41) is 29.9. The van der Waals surface area contributed by atoms with Crippen LogP contribution in [0.3, 0.4) is 0 Å². The molecule has 0 radical (unpaired) electrons. The average Bonchev–Trinajstić information content (AvgIpc) is 4.22. The van der Waals surface area contributed by atoms with Gasteiger partial charge in [0.05, 0.1) is 47.1 Å². The lowest BCUT2D eigenvalue weighted by Gasteiger charge is -2.34. The molecule has 1 aliphatic carbocycles. The Hall–Kier alpha value is -6.23. The highest BCUT2D eigenvalue weighted by molar-refractivity contribution is 7.13. The number of nitrogens with one attached hydrogen (secondary N) is 3. The van der Waals surface area contributed by atoms with E-state index < -0.39 is 23.5 Å². The Bertz CT molecular complexity index is 2760. The number of rotatable bonds is 21. The summed E-state index contributed by atoms with van der Waals surface area (Å²) in [4.78, 5) is 79.1. The summed E-state index contributed by atoms with van der Waals surface area (Å²) in [5.74, 6) is -0.229. The second kappa shape index (κ2) is 23.1. The fraction of sp³-hybridized carbons (Fsp3) is 0.482. The lowest BCUT2D eigenvalue weighted by atomic mass is 9.76. The highest BCUT2D eigenvalue weighted by Crippen LogP contribution is 2.37. The van der Waals surface area contributed by atoms with Gasteiger partial charge in [0.25, 0.3) is 5.91 Å². The van der Waals surface area contributed by atoms with E-state index in [1.165, 1.54) is 10.5 Å². The zero-order chi connectivity index (χ0) is 51.1. The molecule has 3 aromatic carbocycles. The van der Waals surface area contributed by atoms with E-state index >= 15 is 0 Å². The normalized spacial score (nSPS) is 17.6. The van der Waals surface area contributed by atoms with Gasteiger partial charge in [0.2, 0.25) is 17.7 Å². The topological polar surface area (TPSA) is 205 Å². The SMILES string of the molecule is Cc1ncsc1-c1ccc(CNC(=O)[C@@H]2C[C@@H](O)CN2C(=O)[C@@H](CC(=O)CCCCC(=O)NCCCOc2cc(C(=O)N[C@@H]3CCc4ccc(-c5cn6c(n5)CCC6)cc43)cc(CO)c2C)C(C)(C)C)cc1. The van der Waals surface area contributed by atoms with Crippen LogP contribution in [0.1, 0.15) is 134 Å². The van der Waals surface area contributed by atoms with Crippen molar-refractivity contribution in [2.45, 2.75) is 143 Å². The van der Waals surface area contributed by atoms with Gasteiger partial charge in [-0.05, 0) is 109 Å². The summed E-state index contributed by atoms with van der Waals surface area (Å²) < 4.78 is 8.34. The Kier molecular flexibility index (Phi) is 16.7. The first kappa shape index (κ1) is 52.1. The molecule has 0 bridgehead atoms. The lowest BCUT2D eigenvalue weighted by Crippen LogP contribution is -2.50. The number of likely N-dealkylation sites (tertiary alicyclic amines) is 1. The van der Waals surface area contributed by atoms with Crippen molar-refractivity contribution in [3.63, 3.8) is 0 Å². The Morgan fingerprint density at radius 3 is 2.46 bits per heavy atom. The monoisotopic (exact) mass is 999 g/mol. The first-order valence-corrected chi connectivity index (χ1v) is 26.4. The van der Waals surface area contributed by atoms with Crippen LogP contribution in [0.2, 0.25) is 0 Å². The van der Waals surface area contributed by atoms with E-state index in [0.717, 1.165) is 82.1 Å². The quantitative estimate of drug-likeness (QED) is 0.0458. The summed E-state index contributed by atoms with van der Waals surface area (Å²) in [6.07, 6.45) is 7.10. The van der Waals surface area contributed by atoms with Crippen LogP contribution in [0.4, 0.5) is 0 Å². The minimum Gasteiger partial charge on any atom is -0.493 e. The van der Waals surface area contributed by atoms with Gasteiger partial charge >= 0.3 is 0 Å². The van der Waals surface area contributed by atoms with Crippen molar-refractivity contribution in [1.82, 2.24) is 35.4 Å². The predicted octanol–water partition coefficient (Wildman–Crippen LogP) is 7.49. The molecular weight excluding hydrogens is 931 g/mol. The molecule has 15 nitrogen and oxygen atoms in total. The standard InChI is InChI=1S/C56H69N7O8S/c1-34-41(32-64)24-40(53(68)61-46-20-19-37-17-18-39(25-44(37)46)47-31-62-22-8-11-50(62)60-47)26-49(34)71-23-9-21-57-51(67)12-7-6-10-42(65)27-45(56(3,4)5)55(70)63-30-43(66)28-48(63)54(69)58-29-36-13-15-38(16-14-36)52-35(2)59-33-72-52/h13-18,24-26,31,33,43,45-46,48,64,66H,6-12,19-23,27-30,32H2,1-5H3,(H,57,67)(H,58,69)(H,61,68)/t43-,45-,46-,48+/m1/s1. The zero-order valence-electron chi connectivity index (χ0n) is 42.2. The zero-order valence-corrected chi connectivity index (χ0v) is 43.0. The number of aliphatic hydroxyl groups excluding tert-OH is 2. The number of ether oxygens (including phenoxy) is 1. The second-order valence-corrected chi connectivity index (χ2v) is 21.6. The first-order valence-electron chi connectivity index (χ1n) is 25.5. The van der Waals surface area contributed by atoms with Crippen molar-refractivity contribution < 1.29 is 38.9 Å². The van der Waals surface area contributed by atoms with E-state index in [1.807, 2.05) is 64.4 Å². The van der Waals surface area contributed by atoms with Gasteiger partial charge in [-0.3, -0.25) is 24.0 Å². The number of ketones is 1. The number of aliphatic hydroxyl groups is 2. The van der Waals surface area contributed by atoms with Gasteiger partial charge in [0.15, 0.2) is 0 Å². The molecule has 8 rings (SSSR count). The van der Waals surface area contributed by atoms with Gasteiger partial charge < -0.3 is 40.4 Å². The number of hydrogen-bond donors (Lipinski definition) is 5. The van der Waals surface area contributed by atoms with Crippen LogP contribution in [0.5, 0.6) is 5.75 Å². The number of carbonyl (C=O) groups is 5. The number of Topliss-reactive ketones (excluding diaryl/α,β-unsaturated/α-hetero) is 1. The Balaban J connectivity index is 0.748. The summed E-state index contributed by atoms with van der Waals surface area (Å²) in [6, 6.07) is 16.7. The molecule has 16 heteroatoms.